The van der Waals surface area contributed by atoms with E-state index in [0.29, 0.717) is 0 Å². The highest BCUT2D eigenvalue weighted by Gasteiger charge is 2.34. The summed E-state index contributed by atoms with van der Waals surface area (Å²) in [5, 5.41) is 15.5. The van der Waals surface area contributed by atoms with Crippen molar-refractivity contribution in [3.63, 3.8) is 0 Å². The van der Waals surface area contributed by atoms with Gasteiger partial charge in [0, 0.05) is 11.4 Å². The van der Waals surface area contributed by atoms with Crippen LogP contribution in [0.3, 0.4) is 0 Å². The topological polar surface area (TPSA) is 35.6 Å². The van der Waals surface area contributed by atoms with Crippen molar-refractivity contribution in [2.45, 2.75) is 52.6 Å². The average Bonchev–Trinajstić information content (AvgIpc) is 3.43. The van der Waals surface area contributed by atoms with E-state index in [-0.39, 0.29) is 12.1 Å². The number of hydrogen-bond donors (Lipinski definition) is 0. The Morgan fingerprint density at radius 3 is 1.29 bits per heavy atom. The Morgan fingerprint density at radius 2 is 0.921 bits per heavy atom. The van der Waals surface area contributed by atoms with Crippen LogP contribution in [0, 0.1) is 27.7 Å². The Labute approximate surface area is 223 Å². The van der Waals surface area contributed by atoms with E-state index in [1.807, 2.05) is 0 Å². The van der Waals surface area contributed by atoms with Crippen molar-refractivity contribution in [3.8, 4) is 0 Å². The highest BCUT2D eigenvalue weighted by atomic mass is 15.4. The van der Waals surface area contributed by atoms with Crippen molar-refractivity contribution in [1.82, 2.24) is 19.6 Å². The van der Waals surface area contributed by atoms with Crippen molar-refractivity contribution in [1.29, 1.82) is 0 Å². The van der Waals surface area contributed by atoms with Crippen LogP contribution in [0.1, 0.15) is 57.1 Å². The molecule has 0 spiro atoms. The summed E-state index contributed by atoms with van der Waals surface area (Å²) in [7, 11) is 0. The van der Waals surface area contributed by atoms with E-state index in [2.05, 4.69) is 122 Å². The summed E-state index contributed by atoms with van der Waals surface area (Å²) in [6.07, 6.45) is 2.02. The summed E-state index contributed by atoms with van der Waals surface area (Å²) in [6, 6.07) is 31.4. The molecule has 38 heavy (non-hydrogen) atoms. The Hall–Kier alpha value is -4.18. The zero-order chi connectivity index (χ0) is 26.0. The van der Waals surface area contributed by atoms with Gasteiger partial charge in [-0.15, -0.1) is 0 Å². The zero-order valence-corrected chi connectivity index (χ0v) is 22.4. The van der Waals surface area contributed by atoms with Crippen LogP contribution in [0.25, 0.3) is 21.5 Å². The number of hydrogen-bond acceptors (Lipinski definition) is 2. The van der Waals surface area contributed by atoms with Crippen LogP contribution >= 0.6 is 0 Å². The van der Waals surface area contributed by atoms with E-state index in [4.69, 9.17) is 10.2 Å². The molecule has 0 radical (unpaired) electrons. The third-order valence-electron chi connectivity index (χ3n) is 8.31. The molecule has 4 aromatic carbocycles. The lowest BCUT2D eigenvalue weighted by Crippen LogP contribution is -2.29. The molecular formula is C34H32N4. The molecule has 2 atom stereocenters. The summed E-state index contributed by atoms with van der Waals surface area (Å²) in [5.74, 6) is 0. The van der Waals surface area contributed by atoms with Crippen LogP contribution in [-0.2, 0) is 12.8 Å². The van der Waals surface area contributed by atoms with Crippen molar-refractivity contribution >= 4 is 21.5 Å². The number of rotatable bonds is 2. The molecule has 1 aliphatic rings. The largest absolute Gasteiger partial charge is 0.260 e. The average molecular weight is 497 g/mol. The van der Waals surface area contributed by atoms with Gasteiger partial charge in [0.25, 0.3) is 0 Å². The lowest BCUT2D eigenvalue weighted by molar-refractivity contribution is 0.360. The van der Waals surface area contributed by atoms with Gasteiger partial charge in [0.15, 0.2) is 0 Å². The molecule has 4 bridgehead atoms. The van der Waals surface area contributed by atoms with E-state index < -0.39 is 0 Å². The monoisotopic (exact) mass is 496 g/mol. The number of fused-ring (bicyclic) bond motifs is 12. The molecule has 0 amide bonds. The summed E-state index contributed by atoms with van der Waals surface area (Å²) in [5.41, 5.74) is 9.72. The van der Waals surface area contributed by atoms with Crippen LogP contribution in [0.2, 0.25) is 0 Å². The van der Waals surface area contributed by atoms with Gasteiger partial charge in [-0.2, -0.15) is 10.2 Å². The van der Waals surface area contributed by atoms with E-state index in [9.17, 15) is 0 Å². The molecule has 0 saturated heterocycles. The second-order valence-corrected chi connectivity index (χ2v) is 10.9. The van der Waals surface area contributed by atoms with Gasteiger partial charge in [-0.05, 0) is 96.5 Å². The number of aromatic nitrogens is 4. The van der Waals surface area contributed by atoms with Crippen LogP contribution in [0.15, 0.2) is 84.9 Å². The molecule has 0 fully saturated rings. The van der Waals surface area contributed by atoms with E-state index in [0.717, 1.165) is 35.6 Å². The van der Waals surface area contributed by atoms with Crippen LogP contribution in [0.4, 0.5) is 0 Å². The van der Waals surface area contributed by atoms with Crippen LogP contribution in [-0.4, -0.2) is 19.6 Å². The van der Waals surface area contributed by atoms with Gasteiger partial charge in [-0.25, -0.2) is 0 Å². The highest BCUT2D eigenvalue weighted by Crippen LogP contribution is 2.44. The molecule has 188 valence electrons. The number of nitrogens with zero attached hydrogens (tertiary/aromatic N) is 4. The van der Waals surface area contributed by atoms with Gasteiger partial charge in [0.1, 0.15) is 12.1 Å². The maximum atomic E-state index is 5.11. The van der Waals surface area contributed by atoms with Crippen LogP contribution < -0.4 is 0 Å². The molecule has 0 saturated carbocycles. The maximum Gasteiger partial charge on any atom is 0.104 e. The van der Waals surface area contributed by atoms with Crippen molar-refractivity contribution in [2.24, 2.45) is 0 Å². The van der Waals surface area contributed by atoms with E-state index in [1.165, 1.54) is 43.8 Å². The SMILES string of the molecule is Cc1cc(C)n([C@H]2c3ccc(c4ccccc34)CCc3ccc(c4ccccc34)[C@@H]2n2nc(C)cc2C)n1. The quantitative estimate of drug-likeness (QED) is 0.247. The summed E-state index contributed by atoms with van der Waals surface area (Å²) >= 11 is 0. The van der Waals surface area contributed by atoms with Gasteiger partial charge in [0.05, 0.1) is 11.4 Å². The minimum Gasteiger partial charge on any atom is -0.260 e. The van der Waals surface area contributed by atoms with E-state index in [1.54, 1.807) is 0 Å². The second kappa shape index (κ2) is 8.70. The van der Waals surface area contributed by atoms with Crippen LogP contribution in [0.5, 0.6) is 0 Å². The van der Waals surface area contributed by atoms with Gasteiger partial charge in [-0.3, -0.25) is 9.36 Å². The third-order valence-corrected chi connectivity index (χ3v) is 8.31. The molecule has 1 aliphatic carbocycles. The second-order valence-electron chi connectivity index (χ2n) is 10.9. The Morgan fingerprint density at radius 1 is 0.526 bits per heavy atom. The van der Waals surface area contributed by atoms with Crippen molar-refractivity contribution in [2.75, 3.05) is 0 Å². The third kappa shape index (κ3) is 3.51. The van der Waals surface area contributed by atoms with Crippen molar-refractivity contribution < 1.29 is 0 Å². The Balaban J connectivity index is 1.67. The van der Waals surface area contributed by atoms with Gasteiger partial charge in [-0.1, -0.05) is 72.8 Å². The molecule has 0 unspecified atom stereocenters. The molecule has 2 heterocycles. The minimum atomic E-state index is -0.0886. The first-order chi connectivity index (χ1) is 18.5. The highest BCUT2D eigenvalue weighted by molar-refractivity contribution is 5.92. The summed E-state index contributed by atoms with van der Waals surface area (Å²) in [6.45, 7) is 8.52. The molecule has 0 N–H and O–H groups in total. The summed E-state index contributed by atoms with van der Waals surface area (Å²) in [4.78, 5) is 0. The van der Waals surface area contributed by atoms with Gasteiger partial charge >= 0.3 is 0 Å². The van der Waals surface area contributed by atoms with Gasteiger partial charge < -0.3 is 0 Å². The molecule has 4 heteroatoms. The number of benzene rings is 4. The zero-order valence-electron chi connectivity index (χ0n) is 22.4. The molecule has 0 aliphatic heterocycles. The molecule has 4 nitrogen and oxygen atoms in total. The minimum absolute atomic E-state index is 0.0886. The lowest BCUT2D eigenvalue weighted by atomic mass is 9.83. The standard InChI is InChI=1S/C34H32N4/c1-21-19-23(3)37(35-21)33-31-17-15-25(27-9-5-7-11-29(27)31)13-14-26-16-18-32(30-12-8-6-10-28(26)30)34(33)38-24(4)20-22(2)36-38/h5-12,15-20,33-34H,13-14H2,1-4H3/t33-,34-/m0/s1. The smallest absolute Gasteiger partial charge is 0.104 e. The molecule has 6 aromatic rings. The number of aryl methyl sites for hydroxylation is 6. The Bertz CT molecular complexity index is 1700. The Kier molecular flexibility index (Phi) is 5.26. The maximum absolute atomic E-state index is 5.11. The first-order valence-electron chi connectivity index (χ1n) is 13.6. The predicted molar refractivity (Wildman–Crippen MR) is 155 cm³/mol. The fourth-order valence-electron chi connectivity index (χ4n) is 6.72. The molecule has 2 aromatic heterocycles. The first-order valence-corrected chi connectivity index (χ1v) is 13.6. The normalized spacial score (nSPS) is 17.3. The fraction of sp³-hybridized carbons (Fsp3) is 0.235. The van der Waals surface area contributed by atoms with Crippen molar-refractivity contribution in [3.05, 3.63) is 130 Å². The summed E-state index contributed by atoms with van der Waals surface area (Å²) < 4.78 is 4.48. The lowest BCUT2D eigenvalue weighted by Gasteiger charge is -2.33. The first kappa shape index (κ1) is 23.0. The van der Waals surface area contributed by atoms with Gasteiger partial charge in [0.2, 0.25) is 0 Å². The molecule has 7 rings (SSSR count). The fourth-order valence-corrected chi connectivity index (χ4v) is 6.72. The van der Waals surface area contributed by atoms with E-state index >= 15 is 0 Å². The predicted octanol–water partition coefficient (Wildman–Crippen LogP) is 7.60. The molecular weight excluding hydrogens is 464 g/mol.